The van der Waals surface area contributed by atoms with Crippen LogP contribution in [-0.4, -0.2) is 48.8 Å². The number of rotatable bonds is 7. The van der Waals surface area contributed by atoms with Gasteiger partial charge in [-0.15, -0.1) is 0 Å². The van der Waals surface area contributed by atoms with E-state index in [2.05, 4.69) is 10.6 Å². The summed E-state index contributed by atoms with van der Waals surface area (Å²) in [4.78, 5) is 51.5. The minimum absolute atomic E-state index is 0.284. The van der Waals surface area contributed by atoms with E-state index in [1.165, 1.54) is 21.1 Å². The highest BCUT2D eigenvalue weighted by atomic mass is 16.5. The lowest BCUT2D eigenvalue weighted by atomic mass is 10.1. The fourth-order valence-corrected chi connectivity index (χ4v) is 3.74. The first-order chi connectivity index (χ1) is 16.8. The highest BCUT2D eigenvalue weighted by Gasteiger charge is 2.40. The van der Waals surface area contributed by atoms with Crippen molar-refractivity contribution in [1.82, 2.24) is 4.90 Å². The Balaban J connectivity index is 1.40. The van der Waals surface area contributed by atoms with Gasteiger partial charge in [0.25, 0.3) is 17.7 Å². The second kappa shape index (κ2) is 9.68. The molecule has 0 aliphatic carbocycles. The molecule has 9 nitrogen and oxygen atoms in total. The highest BCUT2D eigenvalue weighted by molar-refractivity contribution is 6.23. The van der Waals surface area contributed by atoms with Crippen LogP contribution in [-0.2, 0) is 4.79 Å². The van der Waals surface area contributed by atoms with Gasteiger partial charge < -0.3 is 20.1 Å². The molecule has 35 heavy (non-hydrogen) atoms. The number of nitrogens with zero attached hydrogens (tertiary/aromatic N) is 1. The molecule has 2 N–H and O–H groups in total. The maximum atomic E-state index is 12.8. The molecular weight excluding hydrogens is 450 g/mol. The fourth-order valence-electron chi connectivity index (χ4n) is 3.74. The average Bonchev–Trinajstić information content (AvgIpc) is 3.14. The van der Waals surface area contributed by atoms with Crippen molar-refractivity contribution in [3.8, 4) is 11.5 Å². The Morgan fingerprint density at radius 3 is 1.86 bits per heavy atom. The van der Waals surface area contributed by atoms with Gasteiger partial charge >= 0.3 is 0 Å². The monoisotopic (exact) mass is 473 g/mol. The van der Waals surface area contributed by atoms with Gasteiger partial charge in [-0.25, -0.2) is 0 Å². The minimum Gasteiger partial charge on any atom is -0.493 e. The van der Waals surface area contributed by atoms with Crippen LogP contribution in [0.15, 0.2) is 66.7 Å². The molecule has 3 aromatic carbocycles. The van der Waals surface area contributed by atoms with Crippen molar-refractivity contribution in [3.63, 3.8) is 0 Å². The van der Waals surface area contributed by atoms with Crippen LogP contribution in [0.1, 0.15) is 38.0 Å². The number of carbonyl (C=O) groups excluding carboxylic acids is 4. The zero-order valence-corrected chi connectivity index (χ0v) is 19.3. The summed E-state index contributed by atoms with van der Waals surface area (Å²) in [6, 6.07) is 16.8. The maximum Gasteiger partial charge on any atom is 0.262 e. The van der Waals surface area contributed by atoms with Crippen molar-refractivity contribution in [2.75, 3.05) is 24.9 Å². The van der Waals surface area contributed by atoms with Crippen LogP contribution in [0, 0.1) is 0 Å². The van der Waals surface area contributed by atoms with Gasteiger partial charge in [0.15, 0.2) is 11.5 Å². The number of hydrogen-bond acceptors (Lipinski definition) is 6. The van der Waals surface area contributed by atoms with E-state index in [0.717, 1.165) is 4.90 Å². The third kappa shape index (κ3) is 4.56. The highest BCUT2D eigenvalue weighted by Crippen LogP contribution is 2.28. The maximum absolute atomic E-state index is 12.8. The summed E-state index contributed by atoms with van der Waals surface area (Å²) in [5, 5.41) is 5.47. The van der Waals surface area contributed by atoms with Gasteiger partial charge in [-0.05, 0) is 61.5 Å². The quantitative estimate of drug-likeness (QED) is 0.507. The van der Waals surface area contributed by atoms with Crippen molar-refractivity contribution in [1.29, 1.82) is 0 Å². The van der Waals surface area contributed by atoms with Gasteiger partial charge in [0.1, 0.15) is 6.04 Å². The molecule has 0 aromatic heterocycles. The number of anilines is 2. The van der Waals surface area contributed by atoms with Gasteiger partial charge in [-0.3, -0.25) is 24.1 Å². The van der Waals surface area contributed by atoms with Gasteiger partial charge in [0.2, 0.25) is 5.91 Å². The van der Waals surface area contributed by atoms with E-state index >= 15 is 0 Å². The van der Waals surface area contributed by atoms with Crippen molar-refractivity contribution in [3.05, 3.63) is 83.4 Å². The molecule has 1 heterocycles. The molecule has 9 heteroatoms. The molecule has 0 bridgehead atoms. The van der Waals surface area contributed by atoms with E-state index in [-0.39, 0.29) is 17.0 Å². The first-order valence-electron chi connectivity index (χ1n) is 10.7. The van der Waals surface area contributed by atoms with E-state index in [0.29, 0.717) is 28.4 Å². The first-order valence-corrected chi connectivity index (χ1v) is 10.7. The van der Waals surface area contributed by atoms with Crippen LogP contribution in [0.2, 0.25) is 0 Å². The molecular formula is C26H23N3O6. The largest absolute Gasteiger partial charge is 0.493 e. The minimum atomic E-state index is -1.01. The zero-order valence-electron chi connectivity index (χ0n) is 19.3. The number of amides is 4. The Labute approximate surface area is 201 Å². The molecule has 0 saturated heterocycles. The fraction of sp³-hybridized carbons (Fsp3) is 0.154. The van der Waals surface area contributed by atoms with Crippen LogP contribution < -0.4 is 20.1 Å². The molecule has 0 saturated carbocycles. The predicted octanol–water partition coefficient (Wildman–Crippen LogP) is 3.58. The van der Waals surface area contributed by atoms with Gasteiger partial charge in [-0.2, -0.15) is 0 Å². The normalized spacial score (nSPS) is 13.2. The van der Waals surface area contributed by atoms with Crippen LogP contribution in [0.4, 0.5) is 11.4 Å². The second-order valence-electron chi connectivity index (χ2n) is 7.79. The first kappa shape index (κ1) is 23.5. The molecule has 0 radical (unpaired) electrons. The summed E-state index contributed by atoms with van der Waals surface area (Å²) in [7, 11) is 3.00. The smallest absolute Gasteiger partial charge is 0.262 e. The summed E-state index contributed by atoms with van der Waals surface area (Å²) in [6.45, 7) is 1.49. The number of imide groups is 1. The molecule has 0 fully saturated rings. The SMILES string of the molecule is COc1ccc(C(=O)Nc2ccc(NC(=O)C(C)N3C(=O)c4ccccc4C3=O)cc2)cc1OC. The van der Waals surface area contributed by atoms with Gasteiger partial charge in [-0.1, -0.05) is 12.1 Å². The molecule has 4 amide bonds. The molecule has 1 aliphatic heterocycles. The van der Waals surface area contributed by atoms with Gasteiger partial charge in [0.05, 0.1) is 25.3 Å². The summed E-state index contributed by atoms with van der Waals surface area (Å²) in [5.74, 6) is -0.906. The molecule has 1 unspecified atom stereocenters. The summed E-state index contributed by atoms with van der Waals surface area (Å²) < 4.78 is 10.4. The van der Waals surface area contributed by atoms with Crippen molar-refractivity contribution >= 4 is 35.0 Å². The Kier molecular flexibility index (Phi) is 6.50. The predicted molar refractivity (Wildman–Crippen MR) is 129 cm³/mol. The van der Waals surface area contributed by atoms with Crippen LogP contribution in [0.25, 0.3) is 0 Å². The summed E-state index contributed by atoms with van der Waals surface area (Å²) in [5.41, 5.74) is 1.91. The Morgan fingerprint density at radius 2 is 1.31 bits per heavy atom. The Morgan fingerprint density at radius 1 is 0.771 bits per heavy atom. The number of benzene rings is 3. The number of carbonyl (C=O) groups is 4. The van der Waals surface area contributed by atoms with Crippen molar-refractivity contribution in [2.45, 2.75) is 13.0 Å². The lowest BCUT2D eigenvalue weighted by Crippen LogP contribution is -2.45. The Hall–Kier alpha value is -4.66. The number of fused-ring (bicyclic) bond motifs is 1. The van der Waals surface area contributed by atoms with Crippen LogP contribution in [0.3, 0.4) is 0 Å². The van der Waals surface area contributed by atoms with Gasteiger partial charge in [0, 0.05) is 16.9 Å². The molecule has 3 aromatic rings. The van der Waals surface area contributed by atoms with Crippen molar-refractivity contribution in [2.24, 2.45) is 0 Å². The number of nitrogens with one attached hydrogen (secondary N) is 2. The zero-order chi connectivity index (χ0) is 25.1. The second-order valence-corrected chi connectivity index (χ2v) is 7.79. The molecule has 1 aliphatic rings. The summed E-state index contributed by atoms with van der Waals surface area (Å²) in [6.07, 6.45) is 0. The number of ether oxygens (including phenoxy) is 2. The third-order valence-electron chi connectivity index (χ3n) is 5.65. The van der Waals surface area contributed by atoms with Crippen LogP contribution in [0.5, 0.6) is 11.5 Å². The number of methoxy groups -OCH3 is 2. The van der Waals surface area contributed by atoms with E-state index in [4.69, 9.17) is 9.47 Å². The van der Waals surface area contributed by atoms with E-state index in [1.807, 2.05) is 0 Å². The molecule has 178 valence electrons. The van der Waals surface area contributed by atoms with E-state index < -0.39 is 23.8 Å². The van der Waals surface area contributed by atoms with Crippen molar-refractivity contribution < 1.29 is 28.7 Å². The lowest BCUT2D eigenvalue weighted by molar-refractivity contribution is -0.119. The standard InChI is InChI=1S/C26H23N3O6/c1-15(29-25(32)19-6-4-5-7-20(19)26(29)33)23(30)27-17-9-11-18(12-10-17)28-24(31)16-8-13-21(34-2)22(14-16)35-3/h4-15H,1-3H3,(H,27,30)(H,28,31). The molecule has 0 spiro atoms. The molecule has 1 atom stereocenters. The third-order valence-corrected chi connectivity index (χ3v) is 5.65. The van der Waals surface area contributed by atoms with E-state index in [1.54, 1.807) is 66.7 Å². The molecule has 4 rings (SSSR count). The Bertz CT molecular complexity index is 1280. The van der Waals surface area contributed by atoms with E-state index in [9.17, 15) is 19.2 Å². The topological polar surface area (TPSA) is 114 Å². The lowest BCUT2D eigenvalue weighted by Gasteiger charge is -2.21. The average molecular weight is 473 g/mol. The number of hydrogen-bond donors (Lipinski definition) is 2. The summed E-state index contributed by atoms with van der Waals surface area (Å²) >= 11 is 0. The van der Waals surface area contributed by atoms with Crippen LogP contribution >= 0.6 is 0 Å².